The largest absolute Gasteiger partial charge is 0.434 e. The van der Waals surface area contributed by atoms with Crippen molar-refractivity contribution in [3.05, 3.63) is 66.4 Å². The van der Waals surface area contributed by atoms with E-state index in [0.29, 0.717) is 5.56 Å². The van der Waals surface area contributed by atoms with Gasteiger partial charge in [0.1, 0.15) is 6.33 Å². The number of hydrogen-bond acceptors (Lipinski definition) is 3. The van der Waals surface area contributed by atoms with Crippen molar-refractivity contribution < 1.29 is 26.3 Å². The molecule has 0 aliphatic rings. The van der Waals surface area contributed by atoms with E-state index >= 15 is 0 Å². The molecule has 0 radical (unpaired) electrons. The van der Waals surface area contributed by atoms with Crippen LogP contribution in [0.3, 0.4) is 0 Å². The smallest absolute Gasteiger partial charge is 0.256 e. The lowest BCUT2D eigenvalue weighted by atomic mass is 9.96. The van der Waals surface area contributed by atoms with Gasteiger partial charge in [0.25, 0.3) is 0 Å². The maximum Gasteiger partial charge on any atom is 0.434 e. The molecule has 0 saturated carbocycles. The first-order valence-electron chi connectivity index (χ1n) is 7.20. The fourth-order valence-corrected chi connectivity index (χ4v) is 2.50. The van der Waals surface area contributed by atoms with Crippen LogP contribution in [0.4, 0.5) is 26.3 Å². The lowest BCUT2D eigenvalue weighted by Crippen LogP contribution is -2.18. The van der Waals surface area contributed by atoms with E-state index in [9.17, 15) is 26.3 Å². The van der Waals surface area contributed by atoms with Gasteiger partial charge >= 0.3 is 12.4 Å². The van der Waals surface area contributed by atoms with Crippen molar-refractivity contribution in [3.8, 4) is 22.4 Å². The van der Waals surface area contributed by atoms with Crippen molar-refractivity contribution in [1.82, 2.24) is 15.0 Å². The molecule has 3 nitrogen and oxygen atoms in total. The molecule has 0 spiro atoms. The standard InChI is InChI=1S/C17H9F6N3/c18-16(19,20)14-12(15(17(21,22)23)26-9-25-14)11-7-4-8-24-13(11)10-5-2-1-3-6-10/h1-9H. The minimum absolute atomic E-state index is 0.0288. The Morgan fingerprint density at radius 1 is 0.654 bits per heavy atom. The van der Waals surface area contributed by atoms with E-state index in [1.54, 1.807) is 18.2 Å². The van der Waals surface area contributed by atoms with Crippen LogP contribution in [0.15, 0.2) is 55.0 Å². The summed E-state index contributed by atoms with van der Waals surface area (Å²) in [4.78, 5) is 10.1. The third-order valence-corrected chi connectivity index (χ3v) is 3.51. The van der Waals surface area contributed by atoms with Gasteiger partial charge in [-0.1, -0.05) is 36.4 Å². The van der Waals surface area contributed by atoms with E-state index < -0.39 is 29.3 Å². The first kappa shape index (κ1) is 17.8. The molecule has 26 heavy (non-hydrogen) atoms. The summed E-state index contributed by atoms with van der Waals surface area (Å²) in [6.07, 6.45) is -8.64. The third-order valence-electron chi connectivity index (χ3n) is 3.51. The Bertz CT molecular complexity index is 888. The van der Waals surface area contributed by atoms with Gasteiger partial charge < -0.3 is 0 Å². The Morgan fingerprint density at radius 3 is 1.77 bits per heavy atom. The minimum atomic E-state index is -5.10. The Morgan fingerprint density at radius 2 is 1.23 bits per heavy atom. The van der Waals surface area contributed by atoms with Crippen LogP contribution < -0.4 is 0 Å². The molecule has 2 aromatic heterocycles. The molecule has 1 aromatic carbocycles. The van der Waals surface area contributed by atoms with E-state index in [-0.39, 0.29) is 17.6 Å². The molecule has 3 aromatic rings. The van der Waals surface area contributed by atoms with Gasteiger partial charge in [0.05, 0.1) is 5.69 Å². The molecule has 0 aliphatic heterocycles. The fraction of sp³-hybridized carbons (Fsp3) is 0.118. The summed E-state index contributed by atoms with van der Waals surface area (Å²) in [7, 11) is 0. The van der Waals surface area contributed by atoms with Gasteiger partial charge in [-0.05, 0) is 6.07 Å². The van der Waals surface area contributed by atoms with Gasteiger partial charge in [0.2, 0.25) is 0 Å². The maximum absolute atomic E-state index is 13.4. The number of halogens is 6. The number of aromatic nitrogens is 3. The number of benzene rings is 1. The second kappa shape index (κ2) is 6.40. The van der Waals surface area contributed by atoms with E-state index in [4.69, 9.17) is 0 Å². The second-order valence-corrected chi connectivity index (χ2v) is 5.21. The molecule has 0 bridgehead atoms. The zero-order valence-corrected chi connectivity index (χ0v) is 12.8. The Hall–Kier alpha value is -2.97. The molecule has 0 unspecified atom stereocenters. The summed E-state index contributed by atoms with van der Waals surface area (Å²) >= 11 is 0. The van der Waals surface area contributed by atoms with Gasteiger partial charge in [0.15, 0.2) is 11.4 Å². The highest BCUT2D eigenvalue weighted by molar-refractivity contribution is 5.83. The third kappa shape index (κ3) is 3.37. The van der Waals surface area contributed by atoms with Crippen molar-refractivity contribution in [2.24, 2.45) is 0 Å². The molecule has 0 atom stereocenters. The molecule has 134 valence electrons. The van der Waals surface area contributed by atoms with E-state index in [1.807, 2.05) is 0 Å². The highest BCUT2D eigenvalue weighted by Gasteiger charge is 2.44. The number of rotatable bonds is 2. The normalized spacial score (nSPS) is 12.2. The molecule has 0 N–H and O–H groups in total. The van der Waals surface area contributed by atoms with Gasteiger partial charge in [-0.15, -0.1) is 0 Å². The number of hydrogen-bond donors (Lipinski definition) is 0. The summed E-state index contributed by atoms with van der Waals surface area (Å²) < 4.78 is 80.1. The fourth-order valence-electron chi connectivity index (χ4n) is 2.50. The Kier molecular flexibility index (Phi) is 4.39. The first-order valence-corrected chi connectivity index (χ1v) is 7.20. The van der Waals surface area contributed by atoms with E-state index in [0.717, 1.165) is 6.07 Å². The lowest BCUT2D eigenvalue weighted by molar-refractivity contribution is -0.146. The van der Waals surface area contributed by atoms with Crippen LogP contribution in [0.1, 0.15) is 11.4 Å². The Balaban J connectivity index is 2.38. The first-order chi connectivity index (χ1) is 12.2. The van der Waals surface area contributed by atoms with Gasteiger partial charge in [0, 0.05) is 22.9 Å². The highest BCUT2D eigenvalue weighted by atomic mass is 19.4. The lowest BCUT2D eigenvalue weighted by Gasteiger charge is -2.18. The average molecular weight is 369 g/mol. The van der Waals surface area contributed by atoms with Gasteiger partial charge in [-0.25, -0.2) is 9.97 Å². The summed E-state index contributed by atoms with van der Waals surface area (Å²) in [5.74, 6) is 0. The van der Waals surface area contributed by atoms with Crippen molar-refractivity contribution in [2.75, 3.05) is 0 Å². The van der Waals surface area contributed by atoms with Crippen LogP contribution in [-0.4, -0.2) is 15.0 Å². The van der Waals surface area contributed by atoms with Crippen LogP contribution in [-0.2, 0) is 12.4 Å². The molecule has 9 heteroatoms. The molecule has 2 heterocycles. The van der Waals surface area contributed by atoms with Crippen LogP contribution in [0, 0.1) is 0 Å². The van der Waals surface area contributed by atoms with Crippen LogP contribution in [0.25, 0.3) is 22.4 Å². The Labute approximate surface area is 143 Å². The van der Waals surface area contributed by atoms with Crippen molar-refractivity contribution in [1.29, 1.82) is 0 Å². The molecule has 0 amide bonds. The number of alkyl halides is 6. The zero-order valence-electron chi connectivity index (χ0n) is 12.8. The van der Waals surface area contributed by atoms with Crippen molar-refractivity contribution >= 4 is 0 Å². The van der Waals surface area contributed by atoms with Crippen LogP contribution in [0.2, 0.25) is 0 Å². The zero-order chi connectivity index (χ0) is 18.9. The molecule has 0 saturated heterocycles. The van der Waals surface area contributed by atoms with Gasteiger partial charge in [-0.3, -0.25) is 4.98 Å². The minimum Gasteiger partial charge on any atom is -0.256 e. The highest BCUT2D eigenvalue weighted by Crippen LogP contribution is 2.44. The average Bonchev–Trinajstić information content (AvgIpc) is 2.60. The predicted molar refractivity (Wildman–Crippen MR) is 80.7 cm³/mol. The van der Waals surface area contributed by atoms with E-state index in [1.165, 1.54) is 24.4 Å². The summed E-state index contributed by atoms with van der Waals surface area (Å²) in [5.41, 5.74) is -4.47. The molecular formula is C17H9F6N3. The number of nitrogens with zero attached hydrogens (tertiary/aromatic N) is 3. The second-order valence-electron chi connectivity index (χ2n) is 5.21. The monoisotopic (exact) mass is 369 g/mol. The topological polar surface area (TPSA) is 38.7 Å². The van der Waals surface area contributed by atoms with Crippen LogP contribution in [0.5, 0.6) is 0 Å². The summed E-state index contributed by atoms with van der Waals surface area (Å²) in [6.45, 7) is 0. The predicted octanol–water partition coefficient (Wildman–Crippen LogP) is 5.24. The molecule has 3 rings (SSSR count). The summed E-state index contributed by atoms with van der Waals surface area (Å²) in [5, 5.41) is 0. The van der Waals surface area contributed by atoms with Gasteiger partial charge in [-0.2, -0.15) is 26.3 Å². The molecule has 0 aliphatic carbocycles. The molecule has 0 fully saturated rings. The SMILES string of the molecule is FC(F)(F)c1ncnc(C(F)(F)F)c1-c1cccnc1-c1ccccc1. The van der Waals surface area contributed by atoms with Crippen molar-refractivity contribution in [2.45, 2.75) is 12.4 Å². The quantitative estimate of drug-likeness (QED) is 0.580. The maximum atomic E-state index is 13.4. The number of pyridine rings is 1. The van der Waals surface area contributed by atoms with Crippen LogP contribution >= 0.6 is 0 Å². The van der Waals surface area contributed by atoms with E-state index in [2.05, 4.69) is 15.0 Å². The molecular weight excluding hydrogens is 360 g/mol. The van der Waals surface area contributed by atoms with Crippen molar-refractivity contribution in [3.63, 3.8) is 0 Å². The summed E-state index contributed by atoms with van der Waals surface area (Å²) in [6, 6.07) is 10.3.